The first kappa shape index (κ1) is 20.5. The van der Waals surface area contributed by atoms with E-state index in [-0.39, 0.29) is 11.3 Å². The number of hydrogen-bond donors (Lipinski definition) is 1. The molecule has 1 heterocycles. The van der Waals surface area contributed by atoms with Crippen molar-refractivity contribution in [3.8, 4) is 11.5 Å². The zero-order chi connectivity index (χ0) is 21.6. The van der Waals surface area contributed by atoms with Crippen molar-refractivity contribution < 1.29 is 18.7 Å². The molecule has 0 bridgehead atoms. The molecule has 0 unspecified atom stereocenters. The highest BCUT2D eigenvalue weighted by molar-refractivity contribution is 7.22. The van der Waals surface area contributed by atoms with E-state index >= 15 is 0 Å². The molecule has 0 saturated carbocycles. The van der Waals surface area contributed by atoms with Crippen molar-refractivity contribution in [1.29, 1.82) is 0 Å². The molecule has 3 aromatic carbocycles. The first-order valence-corrected chi connectivity index (χ1v) is 10.3. The molecule has 8 heteroatoms. The van der Waals surface area contributed by atoms with E-state index in [4.69, 9.17) is 9.47 Å². The van der Waals surface area contributed by atoms with Gasteiger partial charge in [0.15, 0.2) is 11.5 Å². The van der Waals surface area contributed by atoms with Gasteiger partial charge in [-0.05, 0) is 55.0 Å². The third-order valence-corrected chi connectivity index (χ3v) is 5.17. The first-order chi connectivity index (χ1) is 15.1. The SMILES string of the molecule is CCOc1cc(/C=N\Nc2nc3ccccc3s2)ccc1OC(=O)c1ccccc1F. The molecule has 0 aliphatic heterocycles. The van der Waals surface area contributed by atoms with E-state index in [1.165, 1.54) is 29.5 Å². The summed E-state index contributed by atoms with van der Waals surface area (Å²) in [4.78, 5) is 16.8. The zero-order valence-corrected chi connectivity index (χ0v) is 17.4. The smallest absolute Gasteiger partial charge is 0.346 e. The lowest BCUT2D eigenvalue weighted by atomic mass is 10.2. The van der Waals surface area contributed by atoms with Crippen molar-refractivity contribution in [3.05, 3.63) is 83.7 Å². The van der Waals surface area contributed by atoms with Crippen molar-refractivity contribution in [2.45, 2.75) is 6.92 Å². The highest BCUT2D eigenvalue weighted by Crippen LogP contribution is 2.29. The summed E-state index contributed by atoms with van der Waals surface area (Å²) in [5.41, 5.74) is 4.41. The molecule has 1 aromatic heterocycles. The van der Waals surface area contributed by atoms with Crippen molar-refractivity contribution in [2.24, 2.45) is 5.10 Å². The van der Waals surface area contributed by atoms with Crippen molar-refractivity contribution >= 4 is 38.9 Å². The molecule has 156 valence electrons. The Hall–Kier alpha value is -3.78. The van der Waals surface area contributed by atoms with Crippen molar-refractivity contribution in [2.75, 3.05) is 12.0 Å². The molecule has 0 atom stereocenters. The molecule has 6 nitrogen and oxygen atoms in total. The highest BCUT2D eigenvalue weighted by Gasteiger charge is 2.16. The number of nitrogens with zero attached hydrogens (tertiary/aromatic N) is 2. The van der Waals surface area contributed by atoms with Gasteiger partial charge in [-0.3, -0.25) is 5.43 Å². The van der Waals surface area contributed by atoms with Crippen molar-refractivity contribution in [1.82, 2.24) is 4.98 Å². The summed E-state index contributed by atoms with van der Waals surface area (Å²) in [6.07, 6.45) is 1.61. The second-order valence-corrected chi connectivity index (χ2v) is 7.40. The summed E-state index contributed by atoms with van der Waals surface area (Å²) >= 11 is 1.50. The van der Waals surface area contributed by atoms with Crippen LogP contribution in [0.25, 0.3) is 10.2 Å². The summed E-state index contributed by atoms with van der Waals surface area (Å²) in [7, 11) is 0. The number of hydrazone groups is 1. The van der Waals surface area contributed by atoms with E-state index in [9.17, 15) is 9.18 Å². The van der Waals surface area contributed by atoms with Gasteiger partial charge in [-0.25, -0.2) is 14.2 Å². The Labute approximate surface area is 182 Å². The van der Waals surface area contributed by atoms with Crippen LogP contribution in [0, 0.1) is 5.82 Å². The van der Waals surface area contributed by atoms with Crippen LogP contribution in [0.2, 0.25) is 0 Å². The van der Waals surface area contributed by atoms with E-state index in [0.29, 0.717) is 17.5 Å². The summed E-state index contributed by atoms with van der Waals surface area (Å²) in [6.45, 7) is 2.19. The monoisotopic (exact) mass is 435 g/mol. The van der Waals surface area contributed by atoms with Crippen molar-refractivity contribution in [3.63, 3.8) is 0 Å². The second-order valence-electron chi connectivity index (χ2n) is 6.37. The van der Waals surface area contributed by atoms with Gasteiger partial charge in [-0.15, -0.1) is 0 Å². The molecule has 4 aromatic rings. The van der Waals surface area contributed by atoms with Gasteiger partial charge in [0.2, 0.25) is 5.13 Å². The molecule has 0 saturated heterocycles. The van der Waals surface area contributed by atoms with Crippen LogP contribution in [-0.4, -0.2) is 23.8 Å². The number of para-hydroxylation sites is 1. The number of ether oxygens (including phenoxy) is 2. The van der Waals surface area contributed by atoms with E-state index in [1.54, 1.807) is 30.5 Å². The molecular weight excluding hydrogens is 417 g/mol. The Morgan fingerprint density at radius 3 is 2.74 bits per heavy atom. The molecule has 0 spiro atoms. The van der Waals surface area contributed by atoms with Crippen LogP contribution in [0.3, 0.4) is 0 Å². The number of carbonyl (C=O) groups excluding carboxylic acids is 1. The maximum absolute atomic E-state index is 13.8. The Bertz CT molecular complexity index is 1220. The lowest BCUT2D eigenvalue weighted by molar-refractivity contribution is 0.0723. The molecule has 0 fully saturated rings. The van der Waals surface area contributed by atoms with E-state index in [1.807, 2.05) is 31.2 Å². The molecule has 4 rings (SSSR count). The number of carbonyl (C=O) groups is 1. The number of halogens is 1. The number of hydrogen-bond acceptors (Lipinski definition) is 7. The lowest BCUT2D eigenvalue weighted by Gasteiger charge is -2.11. The Balaban J connectivity index is 1.49. The molecule has 1 N–H and O–H groups in total. The van der Waals surface area contributed by atoms with Crippen LogP contribution < -0.4 is 14.9 Å². The topological polar surface area (TPSA) is 72.8 Å². The minimum atomic E-state index is -0.794. The second kappa shape index (κ2) is 9.36. The normalized spacial score (nSPS) is 11.0. The van der Waals surface area contributed by atoms with Crippen LogP contribution in [0.15, 0.2) is 71.8 Å². The number of thiazole rings is 1. The predicted octanol–water partition coefficient (Wildman–Crippen LogP) is 5.50. The Morgan fingerprint density at radius 2 is 1.94 bits per heavy atom. The van der Waals surface area contributed by atoms with Crippen LogP contribution >= 0.6 is 11.3 Å². The Kier molecular flexibility index (Phi) is 6.18. The molecular formula is C23H18FN3O3S. The number of benzene rings is 3. The van der Waals surface area contributed by atoms with Crippen LogP contribution in [0.4, 0.5) is 9.52 Å². The fraction of sp³-hybridized carbons (Fsp3) is 0.0870. The number of anilines is 1. The third-order valence-electron chi connectivity index (χ3n) is 4.23. The van der Waals surface area contributed by atoms with Gasteiger partial charge < -0.3 is 9.47 Å². The maximum Gasteiger partial charge on any atom is 0.346 e. The molecule has 0 amide bonds. The third kappa shape index (κ3) is 4.87. The number of esters is 1. The van der Waals surface area contributed by atoms with Crippen LogP contribution in [0.5, 0.6) is 11.5 Å². The number of rotatable bonds is 7. The first-order valence-electron chi connectivity index (χ1n) is 9.52. The summed E-state index contributed by atoms with van der Waals surface area (Å²) in [5, 5.41) is 4.90. The molecule has 31 heavy (non-hydrogen) atoms. The van der Waals surface area contributed by atoms with Gasteiger partial charge in [0.25, 0.3) is 0 Å². The van der Waals surface area contributed by atoms with Crippen LogP contribution in [0.1, 0.15) is 22.8 Å². The largest absolute Gasteiger partial charge is 0.490 e. The Morgan fingerprint density at radius 1 is 1.13 bits per heavy atom. The average molecular weight is 435 g/mol. The summed E-state index contributed by atoms with van der Waals surface area (Å²) in [6, 6.07) is 18.5. The van der Waals surface area contributed by atoms with Gasteiger partial charge in [0, 0.05) is 0 Å². The minimum absolute atomic E-state index is 0.143. The summed E-state index contributed by atoms with van der Waals surface area (Å²) in [5.74, 6) is -0.879. The fourth-order valence-electron chi connectivity index (χ4n) is 2.82. The van der Waals surface area contributed by atoms with Crippen LogP contribution in [-0.2, 0) is 0 Å². The van der Waals surface area contributed by atoms with E-state index in [2.05, 4.69) is 15.5 Å². The maximum atomic E-state index is 13.8. The van der Waals surface area contributed by atoms with Gasteiger partial charge in [0.05, 0.1) is 28.6 Å². The number of fused-ring (bicyclic) bond motifs is 1. The van der Waals surface area contributed by atoms with Gasteiger partial charge in [-0.1, -0.05) is 35.6 Å². The standard InChI is InChI=1S/C23H18FN3O3S/c1-2-29-20-13-15(14-25-27-23-26-18-9-5-6-10-21(18)31-23)11-12-19(20)30-22(28)16-7-3-4-8-17(16)24/h3-14H,2H2,1H3,(H,26,27)/b25-14-. The molecule has 0 radical (unpaired) electrons. The predicted molar refractivity (Wildman–Crippen MR) is 120 cm³/mol. The van der Waals surface area contributed by atoms with Gasteiger partial charge in [-0.2, -0.15) is 5.10 Å². The van der Waals surface area contributed by atoms with Gasteiger partial charge in [0.1, 0.15) is 5.82 Å². The molecule has 0 aliphatic carbocycles. The van der Waals surface area contributed by atoms with Gasteiger partial charge >= 0.3 is 5.97 Å². The lowest BCUT2D eigenvalue weighted by Crippen LogP contribution is -2.11. The quantitative estimate of drug-likeness (QED) is 0.180. The summed E-state index contributed by atoms with van der Waals surface area (Å²) < 4.78 is 25.9. The molecule has 0 aliphatic rings. The number of aromatic nitrogens is 1. The number of nitrogens with one attached hydrogen (secondary N) is 1. The average Bonchev–Trinajstić information content (AvgIpc) is 3.19. The minimum Gasteiger partial charge on any atom is -0.490 e. The highest BCUT2D eigenvalue weighted by atomic mass is 32.1. The van der Waals surface area contributed by atoms with E-state index in [0.717, 1.165) is 15.8 Å². The fourth-order valence-corrected chi connectivity index (χ4v) is 3.64. The van der Waals surface area contributed by atoms with E-state index < -0.39 is 11.8 Å². The zero-order valence-electron chi connectivity index (χ0n) is 16.5.